The van der Waals surface area contributed by atoms with Gasteiger partial charge in [0.15, 0.2) is 0 Å². The Kier molecular flexibility index (Phi) is 5.09. The maximum absolute atomic E-state index is 12.3. The average Bonchev–Trinajstić information content (AvgIpc) is 2.61. The van der Waals surface area contributed by atoms with Crippen LogP contribution in [0.4, 0.5) is 17.3 Å². The molecule has 6 heteroatoms. The molecule has 0 aliphatic carbocycles. The zero-order valence-corrected chi connectivity index (χ0v) is 15.5. The number of benzene rings is 2. The maximum atomic E-state index is 12.3. The predicted molar refractivity (Wildman–Crippen MR) is 103 cm³/mol. The van der Waals surface area contributed by atoms with E-state index in [9.17, 15) is 4.79 Å². The van der Waals surface area contributed by atoms with Gasteiger partial charge in [0.1, 0.15) is 0 Å². The number of aromatic nitrogens is 2. The molecule has 1 amide bonds. The van der Waals surface area contributed by atoms with Crippen molar-refractivity contribution in [3.63, 3.8) is 0 Å². The van der Waals surface area contributed by atoms with Crippen molar-refractivity contribution in [1.29, 1.82) is 0 Å². The van der Waals surface area contributed by atoms with E-state index in [1.54, 1.807) is 0 Å². The van der Waals surface area contributed by atoms with Crippen LogP contribution >= 0.6 is 15.9 Å². The van der Waals surface area contributed by atoms with Gasteiger partial charge in [0.05, 0.1) is 11.3 Å². The highest BCUT2D eigenvalue weighted by Crippen LogP contribution is 2.22. The molecule has 0 aliphatic heterocycles. The molecular weight excluding hydrogens is 380 g/mol. The quantitative estimate of drug-likeness (QED) is 0.661. The van der Waals surface area contributed by atoms with Crippen molar-refractivity contribution in [2.75, 3.05) is 10.6 Å². The number of nitrogens with zero attached hydrogens (tertiary/aromatic N) is 2. The van der Waals surface area contributed by atoms with E-state index in [1.165, 1.54) is 23.5 Å². The van der Waals surface area contributed by atoms with Crippen LogP contribution in [0, 0.1) is 13.8 Å². The minimum Gasteiger partial charge on any atom is -0.324 e. The van der Waals surface area contributed by atoms with Crippen molar-refractivity contribution in [3.05, 3.63) is 76.0 Å². The normalized spacial score (nSPS) is 10.4. The van der Waals surface area contributed by atoms with E-state index in [0.29, 0.717) is 17.2 Å². The van der Waals surface area contributed by atoms with E-state index in [2.05, 4.69) is 50.4 Å². The first-order valence-corrected chi connectivity index (χ1v) is 8.54. The third-order valence-corrected chi connectivity index (χ3v) is 4.49. The second kappa shape index (κ2) is 7.44. The molecule has 3 aromatic rings. The van der Waals surface area contributed by atoms with Crippen molar-refractivity contribution in [2.45, 2.75) is 13.8 Å². The highest BCUT2D eigenvalue weighted by atomic mass is 79.9. The van der Waals surface area contributed by atoms with Crippen LogP contribution < -0.4 is 10.6 Å². The van der Waals surface area contributed by atoms with E-state index in [1.807, 2.05) is 42.5 Å². The molecule has 0 unspecified atom stereocenters. The number of rotatable bonds is 4. The van der Waals surface area contributed by atoms with Crippen molar-refractivity contribution < 1.29 is 4.79 Å². The summed E-state index contributed by atoms with van der Waals surface area (Å²) in [5.41, 5.74) is 4.42. The highest BCUT2D eigenvalue weighted by molar-refractivity contribution is 9.10. The van der Waals surface area contributed by atoms with Crippen molar-refractivity contribution in [3.8, 4) is 0 Å². The molecule has 0 saturated heterocycles. The number of aryl methyl sites for hydroxylation is 2. The molecule has 25 heavy (non-hydrogen) atoms. The zero-order valence-electron chi connectivity index (χ0n) is 13.9. The predicted octanol–water partition coefficient (Wildman–Crippen LogP) is 4.85. The Morgan fingerprint density at radius 3 is 2.40 bits per heavy atom. The van der Waals surface area contributed by atoms with Gasteiger partial charge in [0, 0.05) is 22.6 Å². The minimum atomic E-state index is -0.260. The fourth-order valence-corrected chi connectivity index (χ4v) is 2.60. The van der Waals surface area contributed by atoms with Gasteiger partial charge in [-0.25, -0.2) is 9.97 Å². The van der Waals surface area contributed by atoms with Gasteiger partial charge in [0.25, 0.3) is 5.91 Å². The van der Waals surface area contributed by atoms with Gasteiger partial charge in [-0.05, 0) is 65.2 Å². The molecule has 3 rings (SSSR count). The minimum absolute atomic E-state index is 0.260. The average molecular weight is 397 g/mol. The molecule has 0 saturated carbocycles. The summed E-state index contributed by atoms with van der Waals surface area (Å²) in [4.78, 5) is 20.7. The van der Waals surface area contributed by atoms with Gasteiger partial charge >= 0.3 is 0 Å². The van der Waals surface area contributed by atoms with Crippen LogP contribution in [0.3, 0.4) is 0 Å². The smallest absolute Gasteiger partial charge is 0.258 e. The fourth-order valence-electron chi connectivity index (χ4n) is 2.22. The van der Waals surface area contributed by atoms with Crippen LogP contribution in [-0.2, 0) is 0 Å². The van der Waals surface area contributed by atoms with E-state index >= 15 is 0 Å². The number of hydrogen-bond acceptors (Lipinski definition) is 4. The summed E-state index contributed by atoms with van der Waals surface area (Å²) in [5, 5.41) is 5.96. The number of para-hydroxylation sites is 1. The molecule has 1 heterocycles. The van der Waals surface area contributed by atoms with E-state index in [4.69, 9.17) is 0 Å². The third kappa shape index (κ3) is 4.22. The van der Waals surface area contributed by atoms with Crippen LogP contribution in [-0.4, -0.2) is 15.9 Å². The van der Waals surface area contributed by atoms with Crippen molar-refractivity contribution >= 4 is 39.2 Å². The molecule has 0 atom stereocenters. The third-order valence-electron chi connectivity index (χ3n) is 3.80. The summed E-state index contributed by atoms with van der Waals surface area (Å²) in [5.74, 6) is 0.185. The van der Waals surface area contributed by atoms with Crippen LogP contribution in [0.5, 0.6) is 0 Å². The molecule has 0 spiro atoms. The molecule has 1 aromatic heterocycles. The number of amides is 1. The topological polar surface area (TPSA) is 66.9 Å². The molecule has 0 bridgehead atoms. The Bertz CT molecular complexity index is 910. The van der Waals surface area contributed by atoms with Gasteiger partial charge in [0.2, 0.25) is 5.95 Å². The standard InChI is InChI=1S/C19H17BrN4O/c1-12-7-8-15(9-13(12)2)23-19-21-10-14(11-22-19)18(25)24-17-6-4-3-5-16(17)20/h3-11H,1-2H3,(H,24,25)(H,21,22,23). The molecule has 0 fully saturated rings. The number of carbonyl (C=O) groups excluding carboxylic acids is 1. The Hall–Kier alpha value is -2.73. The summed E-state index contributed by atoms with van der Waals surface area (Å²) in [6, 6.07) is 13.5. The Morgan fingerprint density at radius 1 is 1.00 bits per heavy atom. The molecule has 0 radical (unpaired) electrons. The number of anilines is 3. The summed E-state index contributed by atoms with van der Waals surface area (Å²) >= 11 is 3.40. The number of hydrogen-bond donors (Lipinski definition) is 2. The molecular formula is C19H17BrN4O. The van der Waals surface area contributed by atoms with Crippen LogP contribution in [0.2, 0.25) is 0 Å². The lowest BCUT2D eigenvalue weighted by Crippen LogP contribution is -2.13. The largest absolute Gasteiger partial charge is 0.324 e. The van der Waals surface area contributed by atoms with Crippen LogP contribution in [0.15, 0.2) is 59.3 Å². The van der Waals surface area contributed by atoms with Gasteiger partial charge in [-0.1, -0.05) is 18.2 Å². The maximum Gasteiger partial charge on any atom is 0.258 e. The summed E-state index contributed by atoms with van der Waals surface area (Å²) < 4.78 is 0.817. The van der Waals surface area contributed by atoms with Gasteiger partial charge < -0.3 is 10.6 Å². The summed E-state index contributed by atoms with van der Waals surface area (Å²) in [6.45, 7) is 4.12. The lowest BCUT2D eigenvalue weighted by molar-refractivity contribution is 0.102. The number of halogens is 1. The number of carbonyl (C=O) groups is 1. The number of nitrogens with one attached hydrogen (secondary N) is 2. The van der Waals surface area contributed by atoms with E-state index < -0.39 is 0 Å². The van der Waals surface area contributed by atoms with Gasteiger partial charge in [-0.15, -0.1) is 0 Å². The second-order valence-electron chi connectivity index (χ2n) is 5.65. The Labute approximate surface area is 154 Å². The lowest BCUT2D eigenvalue weighted by atomic mass is 10.1. The highest BCUT2D eigenvalue weighted by Gasteiger charge is 2.09. The van der Waals surface area contributed by atoms with Crippen molar-refractivity contribution in [2.24, 2.45) is 0 Å². The first-order chi connectivity index (χ1) is 12.0. The molecule has 2 aromatic carbocycles. The molecule has 126 valence electrons. The Morgan fingerprint density at radius 2 is 1.72 bits per heavy atom. The van der Waals surface area contributed by atoms with Gasteiger partial charge in [-0.2, -0.15) is 0 Å². The first-order valence-electron chi connectivity index (χ1n) is 7.75. The van der Waals surface area contributed by atoms with E-state index in [0.717, 1.165) is 10.2 Å². The second-order valence-corrected chi connectivity index (χ2v) is 6.51. The SMILES string of the molecule is Cc1ccc(Nc2ncc(C(=O)Nc3ccccc3Br)cn2)cc1C. The van der Waals surface area contributed by atoms with Gasteiger partial charge in [-0.3, -0.25) is 4.79 Å². The van der Waals surface area contributed by atoms with Crippen LogP contribution in [0.1, 0.15) is 21.5 Å². The van der Waals surface area contributed by atoms with Crippen molar-refractivity contribution in [1.82, 2.24) is 9.97 Å². The van der Waals surface area contributed by atoms with Crippen LogP contribution in [0.25, 0.3) is 0 Å². The fraction of sp³-hybridized carbons (Fsp3) is 0.105. The van der Waals surface area contributed by atoms with E-state index in [-0.39, 0.29) is 5.91 Å². The first kappa shape index (κ1) is 17.1. The molecule has 2 N–H and O–H groups in total. The molecule has 5 nitrogen and oxygen atoms in total. The molecule has 0 aliphatic rings. The monoisotopic (exact) mass is 396 g/mol. The Balaban J connectivity index is 1.70. The lowest BCUT2D eigenvalue weighted by Gasteiger charge is -2.09. The zero-order chi connectivity index (χ0) is 17.8. The summed E-state index contributed by atoms with van der Waals surface area (Å²) in [6.07, 6.45) is 3.01. The summed E-state index contributed by atoms with van der Waals surface area (Å²) in [7, 11) is 0.